The zero-order chi connectivity index (χ0) is 71.8. The van der Waals surface area contributed by atoms with Crippen molar-refractivity contribution < 1.29 is 80.2 Å². The van der Waals surface area contributed by atoms with E-state index in [1.54, 1.807) is 0 Å². The van der Waals surface area contributed by atoms with Gasteiger partial charge in [0.05, 0.1) is 26.4 Å². The van der Waals surface area contributed by atoms with Crippen LogP contribution in [0.2, 0.25) is 0 Å². The Balaban J connectivity index is 5.34. The first-order valence-corrected chi connectivity index (χ1v) is 42.5. The molecule has 3 N–H and O–H groups in total. The first-order valence-electron chi connectivity index (χ1n) is 39.5. The maximum atomic E-state index is 13.1. The third-order valence-corrected chi connectivity index (χ3v) is 18.9. The molecular weight excluding hydrogens is 1280 g/mol. The third-order valence-electron chi connectivity index (χ3n) is 17.0. The Bertz CT molecular complexity index is 2100. The number of aliphatic hydroxyl groups excluding tert-OH is 1. The van der Waals surface area contributed by atoms with Crippen molar-refractivity contribution in [3.8, 4) is 0 Å². The van der Waals surface area contributed by atoms with Crippen molar-refractivity contribution in [3.63, 3.8) is 0 Å². The van der Waals surface area contributed by atoms with Crippen LogP contribution in [0.15, 0.2) is 60.8 Å². The molecule has 17 nitrogen and oxygen atoms in total. The lowest BCUT2D eigenvalue weighted by molar-refractivity contribution is -0.161. The van der Waals surface area contributed by atoms with Crippen LogP contribution in [0.1, 0.15) is 362 Å². The van der Waals surface area contributed by atoms with E-state index in [0.29, 0.717) is 25.7 Å². The molecule has 0 aliphatic rings. The second-order valence-electron chi connectivity index (χ2n) is 26.7. The molecule has 0 aliphatic carbocycles. The van der Waals surface area contributed by atoms with Gasteiger partial charge in [-0.1, -0.05) is 281 Å². The van der Waals surface area contributed by atoms with Crippen molar-refractivity contribution in [2.75, 3.05) is 39.6 Å². The molecule has 0 spiro atoms. The van der Waals surface area contributed by atoms with Crippen LogP contribution in [0.4, 0.5) is 0 Å². The number of aliphatic hydroxyl groups is 1. The normalized spacial score (nSPS) is 14.2. The summed E-state index contributed by atoms with van der Waals surface area (Å²) in [5, 5.41) is 10.6. The summed E-state index contributed by atoms with van der Waals surface area (Å²) in [6, 6.07) is 0. The first-order chi connectivity index (χ1) is 47.7. The SMILES string of the molecule is CCCCC/C=C\C/C=C\CCCCCCCC(=O)OC[C@H](COP(=O)(O)OC[C@H](O)COP(=O)(O)OC[C@@H](COC(=O)CCCCCCC/C=C\C/C=C\CCCCC)OC(=O)CCCCCCCCCCCCCCC)OC(=O)CCCCCCC/C=C\CCCCCCCC. The number of carbonyl (C=O) groups excluding carboxylic acids is 4. The smallest absolute Gasteiger partial charge is 0.462 e. The Morgan fingerprint density at radius 2 is 0.500 bits per heavy atom. The summed E-state index contributed by atoms with van der Waals surface area (Å²) in [5.74, 6) is -2.18. The number of esters is 4. The molecule has 19 heteroatoms. The molecule has 5 atom stereocenters. The van der Waals surface area contributed by atoms with E-state index < -0.39 is 97.5 Å². The third kappa shape index (κ3) is 71.2. The van der Waals surface area contributed by atoms with Crippen LogP contribution in [-0.2, 0) is 65.4 Å². The zero-order valence-corrected chi connectivity index (χ0v) is 64.3. The number of phosphoric ester groups is 2. The molecule has 0 saturated heterocycles. The lowest BCUT2D eigenvalue weighted by Gasteiger charge is -2.21. The monoisotopic (exact) mass is 1430 g/mol. The number of hydrogen-bond acceptors (Lipinski definition) is 15. The Morgan fingerprint density at radius 3 is 0.786 bits per heavy atom. The molecule has 0 heterocycles. The van der Waals surface area contributed by atoms with Gasteiger partial charge >= 0.3 is 39.5 Å². The fraction of sp³-hybridized carbons (Fsp3) is 0.823. The minimum Gasteiger partial charge on any atom is -0.462 e. The molecule has 0 aromatic rings. The van der Waals surface area contributed by atoms with Crippen molar-refractivity contribution >= 4 is 39.5 Å². The van der Waals surface area contributed by atoms with Crippen LogP contribution in [0.25, 0.3) is 0 Å². The topological polar surface area (TPSA) is 237 Å². The molecule has 0 fully saturated rings. The van der Waals surface area contributed by atoms with Gasteiger partial charge in [0.15, 0.2) is 12.2 Å². The van der Waals surface area contributed by atoms with Crippen LogP contribution in [0.5, 0.6) is 0 Å². The van der Waals surface area contributed by atoms with Gasteiger partial charge in [0.2, 0.25) is 0 Å². The molecule has 0 radical (unpaired) electrons. The highest BCUT2D eigenvalue weighted by atomic mass is 31.2. The number of unbranched alkanes of at least 4 members (excludes halogenated alkanes) is 39. The average molecular weight is 1430 g/mol. The lowest BCUT2D eigenvalue weighted by atomic mass is 10.0. The van der Waals surface area contributed by atoms with Gasteiger partial charge in [0.1, 0.15) is 19.3 Å². The van der Waals surface area contributed by atoms with Crippen molar-refractivity contribution in [1.29, 1.82) is 0 Å². The van der Waals surface area contributed by atoms with Crippen molar-refractivity contribution in [2.24, 2.45) is 0 Å². The molecule has 572 valence electrons. The summed E-state index contributed by atoms with van der Waals surface area (Å²) in [6.45, 7) is 4.84. The molecule has 98 heavy (non-hydrogen) atoms. The molecule has 0 rings (SSSR count). The number of allylic oxidation sites excluding steroid dienone is 10. The molecule has 0 bridgehead atoms. The van der Waals surface area contributed by atoms with Crippen molar-refractivity contribution in [1.82, 2.24) is 0 Å². The van der Waals surface area contributed by atoms with Gasteiger partial charge in [-0.3, -0.25) is 37.3 Å². The van der Waals surface area contributed by atoms with Crippen LogP contribution < -0.4 is 0 Å². The second-order valence-corrected chi connectivity index (χ2v) is 29.6. The van der Waals surface area contributed by atoms with Gasteiger partial charge in [-0.25, -0.2) is 9.13 Å². The largest absolute Gasteiger partial charge is 0.472 e. The summed E-state index contributed by atoms with van der Waals surface area (Å²) in [4.78, 5) is 72.9. The number of ether oxygens (including phenoxy) is 4. The predicted octanol–water partition coefficient (Wildman–Crippen LogP) is 22.7. The van der Waals surface area contributed by atoms with Gasteiger partial charge < -0.3 is 33.8 Å². The van der Waals surface area contributed by atoms with Gasteiger partial charge in [-0.2, -0.15) is 0 Å². The van der Waals surface area contributed by atoms with Gasteiger partial charge in [-0.15, -0.1) is 0 Å². The Hall–Kier alpha value is -3.24. The van der Waals surface area contributed by atoms with Crippen LogP contribution in [0, 0.1) is 0 Å². The van der Waals surface area contributed by atoms with E-state index in [1.165, 1.54) is 128 Å². The number of phosphoric acid groups is 2. The van der Waals surface area contributed by atoms with Gasteiger partial charge in [0.25, 0.3) is 0 Å². The van der Waals surface area contributed by atoms with E-state index >= 15 is 0 Å². The maximum Gasteiger partial charge on any atom is 0.472 e. The van der Waals surface area contributed by atoms with E-state index in [4.69, 9.17) is 37.0 Å². The minimum absolute atomic E-state index is 0.0858. The highest BCUT2D eigenvalue weighted by molar-refractivity contribution is 7.47. The summed E-state index contributed by atoms with van der Waals surface area (Å²) in [6.07, 6.45) is 70.5. The molecule has 0 aromatic heterocycles. The van der Waals surface area contributed by atoms with E-state index in [0.717, 1.165) is 154 Å². The Morgan fingerprint density at radius 1 is 0.286 bits per heavy atom. The van der Waals surface area contributed by atoms with Crippen LogP contribution in [0.3, 0.4) is 0 Å². The van der Waals surface area contributed by atoms with Crippen molar-refractivity contribution in [3.05, 3.63) is 60.8 Å². The summed E-state index contributed by atoms with van der Waals surface area (Å²) in [7, 11) is -9.94. The second kappa shape index (κ2) is 72.1. The predicted molar refractivity (Wildman–Crippen MR) is 400 cm³/mol. The quantitative estimate of drug-likeness (QED) is 0.0169. The van der Waals surface area contributed by atoms with E-state index in [9.17, 15) is 43.2 Å². The van der Waals surface area contributed by atoms with Crippen molar-refractivity contribution in [2.45, 2.75) is 380 Å². The average Bonchev–Trinajstić information content (AvgIpc) is 1.04. The number of carbonyl (C=O) groups is 4. The maximum absolute atomic E-state index is 13.1. The summed E-state index contributed by atoms with van der Waals surface area (Å²) in [5.41, 5.74) is 0. The fourth-order valence-electron chi connectivity index (χ4n) is 10.9. The summed E-state index contributed by atoms with van der Waals surface area (Å²) >= 11 is 0. The summed E-state index contributed by atoms with van der Waals surface area (Å²) < 4.78 is 68.5. The first kappa shape index (κ1) is 94.8. The van der Waals surface area contributed by atoms with Gasteiger partial charge in [0, 0.05) is 25.7 Å². The molecular formula is C79H144O17P2. The van der Waals surface area contributed by atoms with Crippen LogP contribution >= 0.6 is 15.6 Å². The standard InChI is InChI=1S/C79H144O17P2/c1-5-9-13-17-21-25-29-33-36-40-43-47-51-55-59-63-76(81)89-69-74(95-78(83)65-61-57-53-49-45-39-32-28-24-20-16-12-8-4)71-93-97(85,86)91-67-73(80)68-92-98(87,88)94-72-75(96-79(84)66-62-58-54-50-46-42-38-35-31-27-23-19-15-11-7-3)70-90-77(82)64-60-56-52-48-44-41-37-34-30-26-22-18-14-10-6-2/h21-22,25-26,33-38,73-75,80H,5-20,23-24,27-32,39-72H2,1-4H3,(H,85,86)(H,87,88)/b25-21-,26-22-,36-33-,37-34-,38-35-/t73-,74-,75-/m1/s1. The zero-order valence-electron chi connectivity index (χ0n) is 62.5. The molecule has 0 aromatic carbocycles. The lowest BCUT2D eigenvalue weighted by Crippen LogP contribution is -2.30. The fourth-order valence-corrected chi connectivity index (χ4v) is 12.4. The molecule has 0 amide bonds. The molecule has 2 unspecified atom stereocenters. The number of hydrogen-bond donors (Lipinski definition) is 3. The van der Waals surface area contributed by atoms with Gasteiger partial charge in [-0.05, 0) is 116 Å². The van der Waals surface area contributed by atoms with E-state index in [-0.39, 0.29) is 25.7 Å². The van der Waals surface area contributed by atoms with E-state index in [1.807, 2.05) is 0 Å². The van der Waals surface area contributed by atoms with Crippen LogP contribution in [-0.4, -0.2) is 96.7 Å². The Kier molecular flexibility index (Phi) is 69.7. The highest BCUT2D eigenvalue weighted by Crippen LogP contribution is 2.45. The Labute approximate surface area is 597 Å². The highest BCUT2D eigenvalue weighted by Gasteiger charge is 2.30. The molecule has 0 aliphatic heterocycles. The number of rotatable bonds is 75. The minimum atomic E-state index is -4.97. The van der Waals surface area contributed by atoms with E-state index in [2.05, 4.69) is 88.5 Å². The molecule has 0 saturated carbocycles.